The van der Waals surface area contributed by atoms with Crippen LogP contribution in [0.1, 0.15) is 96.6 Å². The number of phenolic OH excluding ortho intramolecular Hbond substituents is 1. The summed E-state index contributed by atoms with van der Waals surface area (Å²) in [7, 11) is 1.96. The number of amides is 11. The minimum atomic E-state index is -1.59. The van der Waals surface area contributed by atoms with Crippen molar-refractivity contribution in [2.24, 2.45) is 66.8 Å². The van der Waals surface area contributed by atoms with Crippen LogP contribution in [0.5, 0.6) is 5.75 Å². The fourth-order valence-electron chi connectivity index (χ4n) is 9.98. The first kappa shape index (κ1) is 77.3. The van der Waals surface area contributed by atoms with Crippen molar-refractivity contribution in [1.82, 2.24) is 52.8 Å². The van der Waals surface area contributed by atoms with E-state index in [2.05, 4.69) is 62.8 Å². The molecule has 2 aliphatic rings. The zero-order chi connectivity index (χ0) is 69.7. The first-order valence-electron chi connectivity index (χ1n) is 30.8. The zero-order valence-corrected chi connectivity index (χ0v) is 55.0. The van der Waals surface area contributed by atoms with E-state index in [9.17, 15) is 57.8 Å². The lowest BCUT2D eigenvalue weighted by molar-refractivity contribution is -0.143. The predicted octanol–water partition coefficient (Wildman–Crippen LogP) is -5.01. The van der Waals surface area contributed by atoms with Gasteiger partial charge < -0.3 is 104 Å². The van der Waals surface area contributed by atoms with E-state index < -0.39 is 143 Å². The van der Waals surface area contributed by atoms with Crippen LogP contribution in [0.4, 0.5) is 0 Å². The normalized spacial score (nSPS) is 21.7. The Morgan fingerprint density at radius 3 is 1.76 bits per heavy atom. The molecule has 0 radical (unpaired) electrons. The van der Waals surface area contributed by atoms with Gasteiger partial charge in [-0.25, -0.2) is 0 Å². The molecule has 2 heterocycles. The minimum Gasteiger partial charge on any atom is -0.508 e. The van der Waals surface area contributed by atoms with Crippen molar-refractivity contribution in [3.63, 3.8) is 0 Å². The van der Waals surface area contributed by atoms with Gasteiger partial charge in [0.1, 0.15) is 54.1 Å². The highest BCUT2D eigenvalue weighted by Gasteiger charge is 2.44. The van der Waals surface area contributed by atoms with E-state index in [4.69, 9.17) is 45.9 Å². The third kappa shape index (κ3) is 26.5. The number of nitrogens with two attached hydrogens (primary N) is 8. The number of aromatic hydroxyl groups is 1. The Labute approximate surface area is 553 Å². The van der Waals surface area contributed by atoms with Gasteiger partial charge in [-0.15, -0.1) is 0 Å². The number of primary amides is 1. The molecule has 4 rings (SSSR count). The SMILES string of the molecule is CC[C@H](C)[C@@H]1NC(=O)C(CCCN=C(N)N)NC(=O)C(CCCN=C(N)N)NC(=O)[C@@H](NC(=O)[C@H](Cc2ccccc2)NC(=O)CNC(=O)CNC(=O)[C@@H](N)Cc2ccc(O)cc2)CSSC(C)(C)[C@@H](C(N)=O)NC(=O)[C@@H]2CCCN2C(=O)[C@H](CCCN=C(N)N)NC1=O. The number of fused-ring (bicyclic) bond motifs is 1. The Kier molecular flexibility index (Phi) is 31.9. The third-order valence-electron chi connectivity index (χ3n) is 15.3. The van der Waals surface area contributed by atoms with E-state index in [1.54, 1.807) is 70.2 Å². The van der Waals surface area contributed by atoms with Crippen molar-refractivity contribution in [3.8, 4) is 5.75 Å². The zero-order valence-electron chi connectivity index (χ0n) is 53.4. The maximum Gasteiger partial charge on any atom is 0.245 e. The lowest BCUT2D eigenvalue weighted by Gasteiger charge is -2.34. The summed E-state index contributed by atoms with van der Waals surface area (Å²) in [4.78, 5) is 169. The standard InChI is InChI=1S/C59H93N21O12S2/c1-5-32(2)45-54(91)76-39(17-11-25-70-58(66)67)55(92)80-26-12-18-42(80)53(90)79-46(47(61)84)59(3,4)94-93-31-41(52(89)75-37(15-9-23-68-56(62)63)49(86)74-38(50(87)78-45)16-10-24-69-57(64)65)77-51(88)40(28-33-13-7-6-8-14-33)73-44(83)30-71-43(82)29-72-48(85)36(60)27-34-19-21-35(81)22-20-34/h6-8,13-14,19-22,32,36-42,45-46,81H,5,9-12,15-18,23-31,60H2,1-4H3,(H2,61,84)(H,71,82)(H,72,85)(H,73,83)(H,74,86)(H,75,89)(H,76,91)(H,77,88)(H,78,87)(H,79,90)(H4,62,63,68)(H4,64,65,69)(H4,66,67,70)/t32-,36-,37?,38?,39-,40-,41-,42-,45-,46+/m0/s1. The molecule has 0 spiro atoms. The smallest absolute Gasteiger partial charge is 0.245 e. The number of carbonyl (C=O) groups excluding carboxylic acids is 11. The molecule has 0 aromatic heterocycles. The van der Waals surface area contributed by atoms with Gasteiger partial charge in [-0.2, -0.15) is 0 Å². The number of hydrogen-bond acceptors (Lipinski definition) is 18. The fraction of sp³-hybridized carbons (Fsp3) is 0.559. The maximum absolute atomic E-state index is 15.0. The number of rotatable bonds is 27. The second-order valence-electron chi connectivity index (χ2n) is 23.2. The maximum atomic E-state index is 15.0. The van der Waals surface area contributed by atoms with Crippen molar-refractivity contribution < 1.29 is 57.8 Å². The number of benzene rings is 2. The van der Waals surface area contributed by atoms with Crippen LogP contribution in [-0.4, -0.2) is 197 Å². The van der Waals surface area contributed by atoms with E-state index in [-0.39, 0.29) is 113 Å². The monoisotopic (exact) mass is 1350 g/mol. The molecule has 518 valence electrons. The van der Waals surface area contributed by atoms with Crippen molar-refractivity contribution >= 4 is 104 Å². The summed E-state index contributed by atoms with van der Waals surface area (Å²) in [6, 6.07) is 2.28. The summed E-state index contributed by atoms with van der Waals surface area (Å²) in [5.74, 6) is -10.7. The third-order valence-corrected chi connectivity index (χ3v) is 18.6. The Bertz CT molecular complexity index is 3020. The molecule has 2 fully saturated rings. The van der Waals surface area contributed by atoms with Crippen LogP contribution in [0.15, 0.2) is 69.6 Å². The number of phenols is 1. The van der Waals surface area contributed by atoms with Crippen LogP contribution in [0.25, 0.3) is 0 Å². The largest absolute Gasteiger partial charge is 0.508 e. The summed E-state index contributed by atoms with van der Waals surface area (Å²) < 4.78 is -1.31. The summed E-state index contributed by atoms with van der Waals surface area (Å²) >= 11 is 0. The Balaban J connectivity index is 1.77. The first-order valence-corrected chi connectivity index (χ1v) is 33.1. The Morgan fingerprint density at radius 2 is 1.19 bits per heavy atom. The highest BCUT2D eigenvalue weighted by molar-refractivity contribution is 8.77. The molecule has 2 aliphatic heterocycles. The number of guanidine groups is 3. The highest BCUT2D eigenvalue weighted by atomic mass is 33.1. The molecule has 2 aromatic carbocycles. The Morgan fingerprint density at radius 1 is 0.660 bits per heavy atom. The van der Waals surface area contributed by atoms with Gasteiger partial charge in [0.25, 0.3) is 0 Å². The predicted molar refractivity (Wildman–Crippen MR) is 357 cm³/mol. The van der Waals surface area contributed by atoms with Gasteiger partial charge in [0.05, 0.1) is 19.1 Å². The topological polar surface area (TPSA) is 565 Å². The van der Waals surface area contributed by atoms with Crippen molar-refractivity contribution in [2.45, 2.75) is 157 Å². The molecule has 2 unspecified atom stereocenters. The quantitative estimate of drug-likeness (QED) is 0.0172. The average molecular weight is 1350 g/mol. The lowest BCUT2D eigenvalue weighted by atomic mass is 9.96. The number of hydrogen-bond donors (Lipinski definition) is 18. The molecule has 0 bridgehead atoms. The van der Waals surface area contributed by atoms with Gasteiger partial charge in [-0.1, -0.05) is 84.3 Å². The first-order chi connectivity index (χ1) is 44.5. The van der Waals surface area contributed by atoms with Gasteiger partial charge in [-0.05, 0) is 101 Å². The summed E-state index contributed by atoms with van der Waals surface area (Å²) in [5, 5.41) is 33.4. The Hall–Kier alpha value is -9.12. The van der Waals surface area contributed by atoms with Crippen LogP contribution >= 0.6 is 21.6 Å². The van der Waals surface area contributed by atoms with Gasteiger partial charge in [-0.3, -0.25) is 67.7 Å². The van der Waals surface area contributed by atoms with Gasteiger partial charge in [0.15, 0.2) is 17.9 Å². The van der Waals surface area contributed by atoms with E-state index in [1.165, 1.54) is 17.0 Å². The van der Waals surface area contributed by atoms with Crippen LogP contribution in [0.3, 0.4) is 0 Å². The summed E-state index contributed by atoms with van der Waals surface area (Å²) in [6.07, 6.45) is 0.825. The number of nitrogens with zero attached hydrogens (tertiary/aromatic N) is 4. The van der Waals surface area contributed by atoms with E-state index in [1.807, 2.05) is 0 Å². The van der Waals surface area contributed by atoms with E-state index in [0.717, 1.165) is 21.6 Å². The molecule has 2 aromatic rings. The van der Waals surface area contributed by atoms with Gasteiger partial charge >= 0.3 is 0 Å². The molecular formula is C59H93N21O12S2. The molecule has 26 N–H and O–H groups in total. The van der Waals surface area contributed by atoms with Crippen molar-refractivity contribution in [2.75, 3.05) is 45.0 Å². The van der Waals surface area contributed by atoms with Gasteiger partial charge in [0, 0.05) is 43.1 Å². The molecule has 2 saturated heterocycles. The molecule has 35 heteroatoms. The number of carbonyl (C=O) groups is 11. The van der Waals surface area contributed by atoms with Crippen LogP contribution in [0, 0.1) is 5.92 Å². The summed E-state index contributed by atoms with van der Waals surface area (Å²) in [6.45, 7) is 5.52. The minimum absolute atomic E-state index is 0.00330. The fourth-order valence-corrected chi connectivity index (χ4v) is 12.8. The van der Waals surface area contributed by atoms with E-state index >= 15 is 0 Å². The average Bonchev–Trinajstić information content (AvgIpc) is 1.51. The molecule has 11 amide bonds. The molecule has 94 heavy (non-hydrogen) atoms. The summed E-state index contributed by atoms with van der Waals surface area (Å²) in [5.41, 5.74) is 46.9. The molecule has 10 atom stereocenters. The number of nitrogens with one attached hydrogen (secondary N) is 9. The second-order valence-corrected chi connectivity index (χ2v) is 26.2. The number of aliphatic imine (C=N–C) groups is 3. The second kappa shape index (κ2) is 38.8. The van der Waals surface area contributed by atoms with Crippen LogP contribution in [0.2, 0.25) is 0 Å². The van der Waals surface area contributed by atoms with Crippen LogP contribution < -0.4 is 93.7 Å². The molecule has 0 aliphatic carbocycles. The van der Waals surface area contributed by atoms with E-state index in [0.29, 0.717) is 24.0 Å². The lowest BCUT2D eigenvalue weighted by Crippen LogP contribution is -2.61. The highest BCUT2D eigenvalue weighted by Crippen LogP contribution is 2.39. The molecule has 33 nitrogen and oxygen atoms in total. The molecule has 0 saturated carbocycles. The van der Waals surface area contributed by atoms with Crippen molar-refractivity contribution in [1.29, 1.82) is 0 Å². The van der Waals surface area contributed by atoms with Crippen LogP contribution in [-0.2, 0) is 65.6 Å². The molecular weight excluding hydrogens is 1260 g/mol. The van der Waals surface area contributed by atoms with Gasteiger partial charge in [0.2, 0.25) is 65.0 Å². The van der Waals surface area contributed by atoms with Crippen molar-refractivity contribution in [3.05, 3.63) is 65.7 Å².